The van der Waals surface area contributed by atoms with Crippen molar-refractivity contribution in [1.29, 1.82) is 0 Å². The number of likely N-dealkylation sites (tertiary alicyclic amines) is 1. The number of carbonyl (C=O) groups excluding carboxylic acids is 1. The number of carbonyl (C=O) groups is 1. The fourth-order valence-electron chi connectivity index (χ4n) is 2.91. The molecule has 1 aliphatic heterocycles. The molecule has 1 amide bonds. The third-order valence-corrected chi connectivity index (χ3v) is 4.32. The van der Waals surface area contributed by atoms with Crippen molar-refractivity contribution in [3.05, 3.63) is 40.7 Å². The topological polar surface area (TPSA) is 63.1 Å². The summed E-state index contributed by atoms with van der Waals surface area (Å²) in [5, 5.41) is 12.5. The van der Waals surface area contributed by atoms with Crippen molar-refractivity contribution in [2.75, 3.05) is 26.7 Å². The number of rotatable bonds is 4. The molecule has 122 valence electrons. The van der Waals surface area contributed by atoms with Crippen LogP contribution in [0.5, 0.6) is 0 Å². The van der Waals surface area contributed by atoms with E-state index in [9.17, 15) is 4.79 Å². The monoisotopic (exact) mass is 333 g/mol. The lowest BCUT2D eigenvalue weighted by Gasteiger charge is -2.15. The molecule has 1 fully saturated rings. The molecule has 1 atom stereocenters. The highest BCUT2D eigenvalue weighted by Crippen LogP contribution is 2.19. The molecule has 1 aromatic carbocycles. The number of aryl methyl sites for hydroxylation is 1. The third kappa shape index (κ3) is 3.38. The maximum Gasteiger partial charge on any atom is 0.276 e. The lowest BCUT2D eigenvalue weighted by molar-refractivity contribution is 0.0780. The third-order valence-electron chi connectivity index (χ3n) is 4.09. The normalized spacial score (nSPS) is 17.7. The van der Waals surface area contributed by atoms with E-state index in [1.165, 1.54) is 4.80 Å². The largest absolute Gasteiger partial charge is 0.337 e. The van der Waals surface area contributed by atoms with Gasteiger partial charge in [0.1, 0.15) is 0 Å². The minimum Gasteiger partial charge on any atom is -0.337 e. The maximum atomic E-state index is 12.7. The van der Waals surface area contributed by atoms with Crippen molar-refractivity contribution in [2.24, 2.45) is 5.92 Å². The zero-order chi connectivity index (χ0) is 16.4. The van der Waals surface area contributed by atoms with Gasteiger partial charge in [-0.1, -0.05) is 17.7 Å². The van der Waals surface area contributed by atoms with Crippen molar-refractivity contribution in [2.45, 2.75) is 13.3 Å². The van der Waals surface area contributed by atoms with Gasteiger partial charge in [0.05, 0.1) is 11.4 Å². The zero-order valence-corrected chi connectivity index (χ0v) is 14.0. The number of benzene rings is 1. The Morgan fingerprint density at radius 3 is 3.00 bits per heavy atom. The average molecular weight is 334 g/mol. The highest BCUT2D eigenvalue weighted by atomic mass is 35.5. The standard InChI is InChI=1S/C16H20ClN5O/c1-11-15(16(23)21-7-6-12(10-21)9-18-2)20-22(19-11)14-5-3-4-13(17)8-14/h3-5,8,12,18H,6-7,9-10H2,1-2H3. The van der Waals surface area contributed by atoms with Gasteiger partial charge in [-0.3, -0.25) is 4.79 Å². The van der Waals surface area contributed by atoms with Gasteiger partial charge in [0, 0.05) is 18.1 Å². The zero-order valence-electron chi connectivity index (χ0n) is 13.3. The van der Waals surface area contributed by atoms with Crippen molar-refractivity contribution in [3.8, 4) is 5.69 Å². The summed E-state index contributed by atoms with van der Waals surface area (Å²) < 4.78 is 0. The Balaban J connectivity index is 1.80. The number of hydrogen-bond acceptors (Lipinski definition) is 4. The Morgan fingerprint density at radius 1 is 1.43 bits per heavy atom. The van der Waals surface area contributed by atoms with Crippen LogP contribution in [0.1, 0.15) is 22.6 Å². The van der Waals surface area contributed by atoms with E-state index < -0.39 is 0 Å². The summed E-state index contributed by atoms with van der Waals surface area (Å²) in [6.07, 6.45) is 1.02. The van der Waals surface area contributed by atoms with E-state index in [0.717, 1.165) is 31.7 Å². The second-order valence-electron chi connectivity index (χ2n) is 5.87. The molecule has 1 aliphatic rings. The van der Waals surface area contributed by atoms with E-state index in [1.807, 2.05) is 31.0 Å². The van der Waals surface area contributed by atoms with E-state index in [2.05, 4.69) is 15.5 Å². The summed E-state index contributed by atoms with van der Waals surface area (Å²) >= 11 is 6.00. The molecule has 7 heteroatoms. The average Bonchev–Trinajstić information content (AvgIpc) is 3.14. The SMILES string of the molecule is CNCC1CCN(C(=O)c2nn(-c3cccc(Cl)c3)nc2C)C1. The van der Waals surface area contributed by atoms with Crippen LogP contribution < -0.4 is 5.32 Å². The Hall–Kier alpha value is -1.92. The van der Waals surface area contributed by atoms with E-state index in [1.54, 1.807) is 12.1 Å². The van der Waals surface area contributed by atoms with Gasteiger partial charge in [-0.05, 0) is 51.1 Å². The molecule has 0 bridgehead atoms. The van der Waals surface area contributed by atoms with Crippen LogP contribution in [0.4, 0.5) is 0 Å². The van der Waals surface area contributed by atoms with E-state index in [-0.39, 0.29) is 5.91 Å². The highest BCUT2D eigenvalue weighted by molar-refractivity contribution is 6.30. The van der Waals surface area contributed by atoms with Gasteiger partial charge < -0.3 is 10.2 Å². The summed E-state index contributed by atoms with van der Waals surface area (Å²) in [6.45, 7) is 4.28. The molecule has 0 radical (unpaired) electrons. The van der Waals surface area contributed by atoms with Gasteiger partial charge >= 0.3 is 0 Å². The Morgan fingerprint density at radius 2 is 2.26 bits per heavy atom. The molecule has 1 aromatic heterocycles. The molecule has 3 rings (SSSR count). The molecular weight excluding hydrogens is 314 g/mol. The predicted molar refractivity (Wildman–Crippen MR) is 89.0 cm³/mol. The molecule has 0 spiro atoms. The van der Waals surface area contributed by atoms with Crippen LogP contribution in [0.25, 0.3) is 5.69 Å². The molecule has 1 saturated heterocycles. The smallest absolute Gasteiger partial charge is 0.276 e. The fourth-order valence-corrected chi connectivity index (χ4v) is 3.10. The first-order chi connectivity index (χ1) is 11.1. The minimum absolute atomic E-state index is 0.0469. The summed E-state index contributed by atoms with van der Waals surface area (Å²) in [7, 11) is 1.94. The first-order valence-electron chi connectivity index (χ1n) is 7.72. The second-order valence-corrected chi connectivity index (χ2v) is 6.30. The molecule has 6 nitrogen and oxygen atoms in total. The van der Waals surface area contributed by atoms with Gasteiger partial charge in [0.2, 0.25) is 0 Å². The van der Waals surface area contributed by atoms with Gasteiger partial charge in [-0.2, -0.15) is 9.90 Å². The second kappa shape index (κ2) is 6.68. The van der Waals surface area contributed by atoms with Crippen molar-refractivity contribution in [1.82, 2.24) is 25.2 Å². The van der Waals surface area contributed by atoms with Crippen molar-refractivity contribution < 1.29 is 4.79 Å². The summed E-state index contributed by atoms with van der Waals surface area (Å²) in [6, 6.07) is 7.26. The van der Waals surface area contributed by atoms with Crippen LogP contribution in [-0.2, 0) is 0 Å². The summed E-state index contributed by atoms with van der Waals surface area (Å²) in [4.78, 5) is 16.0. The first-order valence-corrected chi connectivity index (χ1v) is 8.10. The molecule has 2 aromatic rings. The number of hydrogen-bond donors (Lipinski definition) is 1. The summed E-state index contributed by atoms with van der Waals surface area (Å²) in [5.41, 5.74) is 1.79. The Bertz CT molecular complexity index is 714. The highest BCUT2D eigenvalue weighted by Gasteiger charge is 2.29. The molecular formula is C16H20ClN5O. The lowest BCUT2D eigenvalue weighted by atomic mass is 10.1. The van der Waals surface area contributed by atoms with Crippen LogP contribution in [0, 0.1) is 12.8 Å². The van der Waals surface area contributed by atoms with Crippen molar-refractivity contribution >= 4 is 17.5 Å². The molecule has 1 unspecified atom stereocenters. The summed E-state index contributed by atoms with van der Waals surface area (Å²) in [5.74, 6) is 0.460. The minimum atomic E-state index is -0.0469. The van der Waals surface area contributed by atoms with Gasteiger partial charge in [0.25, 0.3) is 5.91 Å². The maximum absolute atomic E-state index is 12.7. The number of nitrogens with one attached hydrogen (secondary N) is 1. The van der Waals surface area contributed by atoms with E-state index in [4.69, 9.17) is 11.6 Å². The van der Waals surface area contributed by atoms with Crippen LogP contribution >= 0.6 is 11.6 Å². The van der Waals surface area contributed by atoms with E-state index in [0.29, 0.717) is 22.3 Å². The molecule has 0 aliphatic carbocycles. The lowest BCUT2D eigenvalue weighted by Crippen LogP contribution is -2.31. The van der Waals surface area contributed by atoms with Gasteiger partial charge in [0.15, 0.2) is 5.69 Å². The first kappa shape index (κ1) is 16.0. The Kier molecular flexibility index (Phi) is 4.63. The van der Waals surface area contributed by atoms with Gasteiger partial charge in [-0.25, -0.2) is 0 Å². The number of nitrogens with zero attached hydrogens (tertiary/aromatic N) is 4. The molecule has 1 N–H and O–H groups in total. The quantitative estimate of drug-likeness (QED) is 0.928. The van der Waals surface area contributed by atoms with Crippen LogP contribution in [0.15, 0.2) is 24.3 Å². The van der Waals surface area contributed by atoms with Crippen LogP contribution in [0.2, 0.25) is 5.02 Å². The van der Waals surface area contributed by atoms with E-state index >= 15 is 0 Å². The van der Waals surface area contributed by atoms with Crippen LogP contribution in [0.3, 0.4) is 0 Å². The number of halogens is 1. The number of amides is 1. The van der Waals surface area contributed by atoms with Crippen molar-refractivity contribution in [3.63, 3.8) is 0 Å². The predicted octanol–water partition coefficient (Wildman–Crippen LogP) is 1.91. The number of aromatic nitrogens is 3. The van der Waals surface area contributed by atoms with Crippen LogP contribution in [-0.4, -0.2) is 52.5 Å². The molecule has 23 heavy (non-hydrogen) atoms. The molecule has 2 heterocycles. The Labute approximate surface area is 140 Å². The fraction of sp³-hybridized carbons (Fsp3) is 0.438. The molecule has 0 saturated carbocycles. The van der Waals surface area contributed by atoms with Gasteiger partial charge in [-0.15, -0.1) is 5.10 Å².